The highest BCUT2D eigenvalue weighted by molar-refractivity contribution is 4.89. The van der Waals surface area contributed by atoms with Crippen LogP contribution in [-0.4, -0.2) is 12.6 Å². The number of rotatable bonds is 1. The first-order valence-electron chi connectivity index (χ1n) is 2.96. The summed E-state index contributed by atoms with van der Waals surface area (Å²) in [6.45, 7) is 2.27. The zero-order chi connectivity index (χ0) is 5.33. The summed E-state index contributed by atoms with van der Waals surface area (Å²) in [6.07, 6.45) is 4.14. The Morgan fingerprint density at radius 3 is 2.00 bits per heavy atom. The summed E-state index contributed by atoms with van der Waals surface area (Å²) in [5, 5.41) is 3.28. The highest BCUT2D eigenvalue weighted by atomic mass is 14.9. The molecule has 1 aliphatic carbocycles. The largest absolute Gasteiger partial charge is 0.315 e. The van der Waals surface area contributed by atoms with Crippen molar-refractivity contribution in [3.63, 3.8) is 0 Å². The number of hydrogen-bond donors (Lipinski definition) is 1. The minimum Gasteiger partial charge on any atom is -0.315 e. The Kier molecular flexibility index (Phi) is 1.08. The molecule has 1 N–H and O–H groups in total. The molecule has 7 heavy (non-hydrogen) atoms. The fraction of sp³-hybridized carbons (Fsp3) is 1.00. The van der Waals surface area contributed by atoms with E-state index >= 15 is 0 Å². The number of hydrogen-bond acceptors (Lipinski definition) is 1. The smallest absolute Gasteiger partial charge is 0.0150 e. The van der Waals surface area contributed by atoms with Gasteiger partial charge in [0.05, 0.1) is 0 Å². The van der Waals surface area contributed by atoms with Gasteiger partial charge in [0, 0.05) is 5.54 Å². The fourth-order valence-electron chi connectivity index (χ4n) is 0.957. The lowest BCUT2D eigenvalue weighted by molar-refractivity contribution is 0.225. The van der Waals surface area contributed by atoms with Crippen molar-refractivity contribution in [1.82, 2.24) is 5.32 Å². The molecule has 1 saturated carbocycles. The van der Waals surface area contributed by atoms with Gasteiger partial charge in [-0.1, -0.05) is 0 Å². The van der Waals surface area contributed by atoms with Crippen LogP contribution < -0.4 is 5.32 Å². The van der Waals surface area contributed by atoms with Crippen LogP contribution in [0.25, 0.3) is 0 Å². The molecule has 1 heteroatoms. The van der Waals surface area contributed by atoms with Gasteiger partial charge in [-0.25, -0.2) is 0 Å². The average molecular weight is 99.2 g/mol. The molecule has 0 spiro atoms. The van der Waals surface area contributed by atoms with E-state index in [4.69, 9.17) is 0 Å². The van der Waals surface area contributed by atoms with Gasteiger partial charge >= 0.3 is 0 Å². The van der Waals surface area contributed by atoms with Gasteiger partial charge in [0.1, 0.15) is 0 Å². The molecule has 0 radical (unpaired) electrons. The lowest BCUT2D eigenvalue weighted by Crippen LogP contribution is -2.45. The maximum absolute atomic E-state index is 3.28. The fourth-order valence-corrected chi connectivity index (χ4v) is 0.957. The van der Waals surface area contributed by atoms with Crippen molar-refractivity contribution in [2.45, 2.75) is 31.7 Å². The topological polar surface area (TPSA) is 12.0 Å². The Morgan fingerprint density at radius 2 is 2.00 bits per heavy atom. The van der Waals surface area contributed by atoms with Gasteiger partial charge in [0.25, 0.3) is 0 Å². The minimum absolute atomic E-state index is 0.514. The first-order chi connectivity index (χ1) is 3.27. The Balaban J connectivity index is 2.29. The summed E-state index contributed by atoms with van der Waals surface area (Å²) in [6, 6.07) is 0. The summed E-state index contributed by atoms with van der Waals surface area (Å²) in [5.74, 6) is 0. The quantitative estimate of drug-likeness (QED) is 0.520. The zero-order valence-corrected chi connectivity index (χ0v) is 5.12. The molecule has 0 bridgehead atoms. The van der Waals surface area contributed by atoms with E-state index in [0.29, 0.717) is 5.54 Å². The van der Waals surface area contributed by atoms with Gasteiger partial charge in [-0.15, -0.1) is 0 Å². The summed E-state index contributed by atoms with van der Waals surface area (Å²) in [5.41, 5.74) is 0.514. The molecule has 0 aromatic rings. The molecule has 1 fully saturated rings. The maximum Gasteiger partial charge on any atom is 0.0150 e. The SMILES string of the molecule is CNC1(C)CCC1. The highest BCUT2D eigenvalue weighted by Crippen LogP contribution is 2.29. The van der Waals surface area contributed by atoms with Crippen LogP contribution in [0.2, 0.25) is 0 Å². The third-order valence-corrected chi connectivity index (χ3v) is 2.06. The van der Waals surface area contributed by atoms with Crippen molar-refractivity contribution in [3.8, 4) is 0 Å². The highest BCUT2D eigenvalue weighted by Gasteiger charge is 2.28. The normalized spacial score (nSPS) is 26.6. The molecule has 0 aliphatic heterocycles. The van der Waals surface area contributed by atoms with Gasteiger partial charge in [0.15, 0.2) is 0 Å². The van der Waals surface area contributed by atoms with Crippen LogP contribution >= 0.6 is 0 Å². The second-order valence-electron chi connectivity index (χ2n) is 2.66. The zero-order valence-electron chi connectivity index (χ0n) is 5.12. The van der Waals surface area contributed by atoms with Gasteiger partial charge in [-0.05, 0) is 33.2 Å². The van der Waals surface area contributed by atoms with E-state index in [9.17, 15) is 0 Å². The van der Waals surface area contributed by atoms with E-state index in [1.54, 1.807) is 0 Å². The second-order valence-corrected chi connectivity index (χ2v) is 2.66. The molecule has 0 atom stereocenters. The van der Waals surface area contributed by atoms with Gasteiger partial charge < -0.3 is 5.32 Å². The maximum atomic E-state index is 3.28. The average Bonchev–Trinajstić information content (AvgIpc) is 1.61. The van der Waals surface area contributed by atoms with Gasteiger partial charge in [-0.3, -0.25) is 0 Å². The molecule has 0 unspecified atom stereocenters. The third-order valence-electron chi connectivity index (χ3n) is 2.06. The molecular formula is C6H13N. The summed E-state index contributed by atoms with van der Waals surface area (Å²) < 4.78 is 0. The monoisotopic (exact) mass is 99.1 g/mol. The van der Waals surface area contributed by atoms with E-state index in [0.717, 1.165) is 0 Å². The van der Waals surface area contributed by atoms with Crippen LogP contribution in [0.1, 0.15) is 26.2 Å². The molecule has 0 saturated heterocycles. The summed E-state index contributed by atoms with van der Waals surface area (Å²) in [4.78, 5) is 0. The Morgan fingerprint density at radius 1 is 1.43 bits per heavy atom. The van der Waals surface area contributed by atoms with Crippen molar-refractivity contribution in [3.05, 3.63) is 0 Å². The van der Waals surface area contributed by atoms with E-state index in [1.165, 1.54) is 19.3 Å². The van der Waals surface area contributed by atoms with Gasteiger partial charge in [0.2, 0.25) is 0 Å². The van der Waals surface area contributed by atoms with E-state index in [2.05, 4.69) is 12.2 Å². The van der Waals surface area contributed by atoms with Crippen molar-refractivity contribution in [2.75, 3.05) is 7.05 Å². The molecule has 0 amide bonds. The van der Waals surface area contributed by atoms with Crippen molar-refractivity contribution < 1.29 is 0 Å². The predicted octanol–water partition coefficient (Wildman–Crippen LogP) is 1.15. The predicted molar refractivity (Wildman–Crippen MR) is 31.3 cm³/mol. The Hall–Kier alpha value is -0.0400. The van der Waals surface area contributed by atoms with E-state index in [-0.39, 0.29) is 0 Å². The lowest BCUT2D eigenvalue weighted by Gasteiger charge is -2.37. The van der Waals surface area contributed by atoms with E-state index in [1.807, 2.05) is 7.05 Å². The summed E-state index contributed by atoms with van der Waals surface area (Å²) in [7, 11) is 2.04. The Labute approximate surface area is 45.1 Å². The number of nitrogens with one attached hydrogen (secondary N) is 1. The molecule has 0 heterocycles. The molecule has 42 valence electrons. The molecule has 1 nitrogen and oxygen atoms in total. The standard InChI is InChI=1S/C6H13N/c1-6(7-2)4-3-5-6/h7H,3-5H2,1-2H3. The van der Waals surface area contributed by atoms with Crippen molar-refractivity contribution in [2.24, 2.45) is 0 Å². The minimum atomic E-state index is 0.514. The molecule has 1 rings (SSSR count). The van der Waals surface area contributed by atoms with Crippen molar-refractivity contribution >= 4 is 0 Å². The summed E-state index contributed by atoms with van der Waals surface area (Å²) >= 11 is 0. The van der Waals surface area contributed by atoms with Crippen LogP contribution in [0.5, 0.6) is 0 Å². The second kappa shape index (κ2) is 1.48. The molecule has 1 aliphatic rings. The molecule has 0 aromatic heterocycles. The van der Waals surface area contributed by atoms with Crippen LogP contribution in [-0.2, 0) is 0 Å². The van der Waals surface area contributed by atoms with Crippen LogP contribution in [0.15, 0.2) is 0 Å². The van der Waals surface area contributed by atoms with Crippen molar-refractivity contribution in [1.29, 1.82) is 0 Å². The first-order valence-corrected chi connectivity index (χ1v) is 2.96. The van der Waals surface area contributed by atoms with Crippen LogP contribution in [0.3, 0.4) is 0 Å². The van der Waals surface area contributed by atoms with Gasteiger partial charge in [-0.2, -0.15) is 0 Å². The third kappa shape index (κ3) is 0.778. The van der Waals surface area contributed by atoms with Crippen LogP contribution in [0, 0.1) is 0 Å². The molecule has 0 aromatic carbocycles. The lowest BCUT2D eigenvalue weighted by atomic mass is 9.79. The first kappa shape index (κ1) is 5.10. The van der Waals surface area contributed by atoms with E-state index < -0.39 is 0 Å². The van der Waals surface area contributed by atoms with Crippen LogP contribution in [0.4, 0.5) is 0 Å². The Bertz CT molecular complexity index is 59.1. The molecular weight excluding hydrogens is 86.1 g/mol.